The van der Waals surface area contributed by atoms with Crippen molar-refractivity contribution in [3.05, 3.63) is 112 Å². The number of aliphatic hydroxyl groups is 2. The summed E-state index contributed by atoms with van der Waals surface area (Å²) in [5, 5.41) is 24.2. The maximum atomic E-state index is 15.2. The van der Waals surface area contributed by atoms with Gasteiger partial charge in [0.25, 0.3) is 5.91 Å². The van der Waals surface area contributed by atoms with Gasteiger partial charge in [-0.15, -0.1) is 13.2 Å². The number of aliphatic hydroxyl groups excluding tert-OH is 1. The van der Waals surface area contributed by atoms with Gasteiger partial charge in [0.15, 0.2) is 23.0 Å². The van der Waals surface area contributed by atoms with E-state index in [0.29, 0.717) is 55.2 Å². The van der Waals surface area contributed by atoms with E-state index in [1.165, 1.54) is 23.1 Å². The molecule has 8 rings (SSSR count). The molecule has 60 heavy (non-hydrogen) atoms. The van der Waals surface area contributed by atoms with Gasteiger partial charge >= 0.3 is 12.3 Å². The molecule has 1 saturated heterocycles. The summed E-state index contributed by atoms with van der Waals surface area (Å²) in [4.78, 5) is 44.4. The lowest BCUT2D eigenvalue weighted by Gasteiger charge is -2.47. The molecule has 2 saturated carbocycles. The van der Waals surface area contributed by atoms with E-state index in [2.05, 4.69) is 10.8 Å². The van der Waals surface area contributed by atoms with Crippen LogP contribution >= 0.6 is 0 Å². The minimum Gasteiger partial charge on any atom is -0.448 e. The number of ketones is 1. The van der Waals surface area contributed by atoms with Crippen LogP contribution in [0.1, 0.15) is 125 Å². The molecule has 6 atom stereocenters. The van der Waals surface area contributed by atoms with Crippen molar-refractivity contribution < 1.29 is 56.0 Å². The molecule has 0 radical (unpaired) electrons. The number of carbonyl (C=O) groups is 3. The van der Waals surface area contributed by atoms with E-state index in [1.807, 2.05) is 39.8 Å². The van der Waals surface area contributed by atoms with Crippen LogP contribution in [0.15, 0.2) is 72.3 Å². The molecule has 322 valence electrons. The second-order valence-corrected chi connectivity index (χ2v) is 18.4. The Balaban J connectivity index is 1.32. The number of benzene rings is 3. The maximum absolute atomic E-state index is 15.2. The van der Waals surface area contributed by atoms with E-state index < -0.39 is 80.9 Å². The van der Waals surface area contributed by atoms with Gasteiger partial charge in [-0.3, -0.25) is 14.4 Å². The van der Waals surface area contributed by atoms with Crippen molar-refractivity contribution >= 4 is 17.7 Å². The van der Waals surface area contributed by atoms with Crippen LogP contribution in [0.2, 0.25) is 0 Å². The van der Waals surface area contributed by atoms with Crippen LogP contribution in [0.3, 0.4) is 0 Å². The van der Waals surface area contributed by atoms with Crippen molar-refractivity contribution in [1.29, 1.82) is 0 Å². The molecule has 3 aromatic carbocycles. The van der Waals surface area contributed by atoms with Crippen molar-refractivity contribution in [1.82, 2.24) is 4.90 Å². The number of hydrogen-bond donors (Lipinski definition) is 2. The molecule has 1 heterocycles. The van der Waals surface area contributed by atoms with E-state index in [9.17, 15) is 41.8 Å². The smallest absolute Gasteiger partial charge is 0.448 e. The Bertz CT molecular complexity index is 2220. The predicted molar refractivity (Wildman–Crippen MR) is 212 cm³/mol. The van der Waals surface area contributed by atoms with Gasteiger partial charge in [0.05, 0.1) is 23.7 Å². The quantitative estimate of drug-likeness (QED) is 0.101. The second kappa shape index (κ2) is 15.4. The van der Waals surface area contributed by atoms with Gasteiger partial charge in [0.1, 0.15) is 5.75 Å². The number of amides is 1. The number of allylic oxidation sites excluding steroid dienone is 2. The normalized spacial score (nSPS) is 30.0. The molecule has 2 N–H and O–H groups in total. The monoisotopic (exact) mass is 837 g/mol. The Kier molecular flexibility index (Phi) is 11.1. The Morgan fingerprint density at radius 2 is 1.63 bits per heavy atom. The summed E-state index contributed by atoms with van der Waals surface area (Å²) in [6.45, 7) is 8.96. The van der Waals surface area contributed by atoms with Crippen LogP contribution in [-0.2, 0) is 27.3 Å². The first-order valence-electron chi connectivity index (χ1n) is 20.6. The number of alkyl halides is 3. The molecule has 3 fully saturated rings. The summed E-state index contributed by atoms with van der Waals surface area (Å²) in [7, 11) is 0. The van der Waals surface area contributed by atoms with Crippen molar-refractivity contribution in [2.24, 2.45) is 16.2 Å². The number of halogens is 5. The van der Waals surface area contributed by atoms with Gasteiger partial charge in [-0.1, -0.05) is 56.7 Å². The lowest BCUT2D eigenvalue weighted by molar-refractivity contribution is -0.274. The standard InChI is InChI=1S/C47H52F5NO7/c1-28-7-6-19-43(4)36(34-16-11-30(23-32(54)13-8-28)24-35(34)39(55)31-12-17-37(48)38(49)25-31)18-20-45(43,58)27-53(26-29-9-14-33(15-10-29)59-47(50,51)52)40(56)46-22-21-44(5,41(57)60-46)42(46,2)3/h7,9-12,14-17,24-25,32,36,54,58H,6,8,13,18-23,26-27H2,1-5H3. The van der Waals surface area contributed by atoms with Gasteiger partial charge in [0, 0.05) is 28.5 Å². The Hall–Kier alpha value is -4.62. The van der Waals surface area contributed by atoms with E-state index in [4.69, 9.17) is 4.74 Å². The number of ether oxygens (including phenoxy) is 2. The maximum Gasteiger partial charge on any atom is 0.573 e. The summed E-state index contributed by atoms with van der Waals surface area (Å²) in [5.41, 5.74) is -3.21. The Morgan fingerprint density at radius 1 is 0.917 bits per heavy atom. The highest BCUT2D eigenvalue weighted by Crippen LogP contribution is 2.66. The van der Waals surface area contributed by atoms with E-state index in [-0.39, 0.29) is 43.5 Å². The van der Waals surface area contributed by atoms with Crippen molar-refractivity contribution in [2.75, 3.05) is 6.54 Å². The number of carbonyl (C=O) groups excluding carboxylic acids is 3. The summed E-state index contributed by atoms with van der Waals surface area (Å²) < 4.78 is 77.8. The van der Waals surface area contributed by atoms with Gasteiger partial charge in [-0.05, 0) is 131 Å². The zero-order valence-corrected chi connectivity index (χ0v) is 34.6. The fraction of sp³-hybridized carbons (Fsp3) is 0.511. The van der Waals surface area contributed by atoms with Gasteiger partial charge < -0.3 is 24.6 Å². The number of fused-ring (bicyclic) bond motifs is 10. The van der Waals surface area contributed by atoms with E-state index in [1.54, 1.807) is 13.0 Å². The molecule has 4 bridgehead atoms. The fourth-order valence-electron chi connectivity index (χ4n) is 10.5. The third-order valence-corrected chi connectivity index (χ3v) is 14.8. The topological polar surface area (TPSA) is 113 Å². The molecule has 6 unspecified atom stereocenters. The molecular weight excluding hydrogens is 786 g/mol. The Morgan fingerprint density at radius 3 is 2.27 bits per heavy atom. The highest BCUT2D eigenvalue weighted by molar-refractivity contribution is 6.10. The second-order valence-electron chi connectivity index (χ2n) is 18.4. The van der Waals surface area contributed by atoms with Gasteiger partial charge in [-0.2, -0.15) is 0 Å². The SMILES string of the molecule is CC1=CCCC2(C)C(CCC2(O)CN(Cc2ccc(OC(F)(F)F)cc2)C(=O)C23CCC(C)(C(=O)O2)C3(C)C)c2ccc(cc2C(=O)c2ccc(F)c(F)c2)CC(O)CC1. The molecule has 5 aliphatic rings. The highest BCUT2D eigenvalue weighted by atomic mass is 19.4. The number of nitrogens with zero attached hydrogens (tertiary/aromatic N) is 1. The minimum absolute atomic E-state index is 0.0672. The van der Waals surface area contributed by atoms with Gasteiger partial charge in [0.2, 0.25) is 0 Å². The number of hydrogen-bond acceptors (Lipinski definition) is 7. The first kappa shape index (κ1) is 43.5. The Labute approximate surface area is 346 Å². The predicted octanol–water partition coefficient (Wildman–Crippen LogP) is 9.28. The molecule has 8 nitrogen and oxygen atoms in total. The molecule has 1 aliphatic heterocycles. The molecule has 4 aliphatic carbocycles. The van der Waals surface area contributed by atoms with Crippen molar-refractivity contribution in [3.8, 4) is 5.75 Å². The molecule has 0 spiro atoms. The van der Waals surface area contributed by atoms with Crippen LogP contribution in [0.25, 0.3) is 0 Å². The first-order valence-corrected chi connectivity index (χ1v) is 20.6. The van der Waals surface area contributed by atoms with E-state index in [0.717, 1.165) is 29.8 Å². The third-order valence-electron chi connectivity index (χ3n) is 14.8. The summed E-state index contributed by atoms with van der Waals surface area (Å²) in [6.07, 6.45) is -0.140. The highest BCUT2D eigenvalue weighted by Gasteiger charge is 2.76. The van der Waals surface area contributed by atoms with Crippen molar-refractivity contribution in [3.63, 3.8) is 0 Å². The lowest BCUT2D eigenvalue weighted by atomic mass is 9.64. The summed E-state index contributed by atoms with van der Waals surface area (Å²) >= 11 is 0. The van der Waals surface area contributed by atoms with Crippen LogP contribution in [0.4, 0.5) is 22.0 Å². The molecule has 3 aromatic rings. The molecular formula is C47H52F5NO7. The zero-order chi connectivity index (χ0) is 43.6. The van der Waals surface area contributed by atoms with Crippen LogP contribution in [-0.4, -0.2) is 63.0 Å². The first-order chi connectivity index (χ1) is 28.0. The summed E-state index contributed by atoms with van der Waals surface area (Å²) in [5.74, 6) is -4.78. The largest absolute Gasteiger partial charge is 0.573 e. The third kappa shape index (κ3) is 7.43. The summed E-state index contributed by atoms with van der Waals surface area (Å²) in [6, 6.07) is 13.4. The number of rotatable bonds is 8. The van der Waals surface area contributed by atoms with E-state index >= 15 is 4.79 Å². The average molecular weight is 838 g/mol. The molecule has 1 amide bonds. The van der Waals surface area contributed by atoms with Gasteiger partial charge in [-0.25, -0.2) is 8.78 Å². The average Bonchev–Trinajstić information content (AvgIpc) is 3.61. The zero-order valence-electron chi connectivity index (χ0n) is 34.6. The fourth-order valence-corrected chi connectivity index (χ4v) is 10.5. The molecule has 0 aromatic heterocycles. The number of esters is 1. The minimum atomic E-state index is -4.91. The van der Waals surface area contributed by atoms with Crippen LogP contribution in [0.5, 0.6) is 5.75 Å². The van der Waals surface area contributed by atoms with Crippen molar-refractivity contribution in [2.45, 2.75) is 129 Å². The van der Waals surface area contributed by atoms with Crippen LogP contribution < -0.4 is 4.74 Å². The molecule has 13 heteroatoms. The van der Waals surface area contributed by atoms with Crippen LogP contribution in [0, 0.1) is 27.9 Å². The lowest BCUT2D eigenvalue weighted by Crippen LogP contribution is -2.60.